The summed E-state index contributed by atoms with van der Waals surface area (Å²) in [5.74, 6) is 0.0604. The normalized spacial score (nSPS) is 10.5. The predicted molar refractivity (Wildman–Crippen MR) is 72.9 cm³/mol. The summed E-state index contributed by atoms with van der Waals surface area (Å²) in [4.78, 5) is 11.9. The van der Waals surface area contributed by atoms with Crippen LogP contribution in [-0.2, 0) is 0 Å². The second-order valence-corrected chi connectivity index (χ2v) is 4.84. The summed E-state index contributed by atoms with van der Waals surface area (Å²) in [6.07, 6.45) is 4.52. The summed E-state index contributed by atoms with van der Waals surface area (Å²) in [5, 5.41) is 1.02. The highest BCUT2D eigenvalue weighted by molar-refractivity contribution is 6.35. The number of unbranched alkanes of at least 4 members (excludes halogenated alkanes) is 3. The molecule has 0 saturated carbocycles. The average molecular weight is 274 g/mol. The van der Waals surface area contributed by atoms with E-state index in [1.807, 2.05) is 0 Å². The quantitative estimate of drug-likeness (QED) is 0.601. The second kappa shape index (κ2) is 7.70. The van der Waals surface area contributed by atoms with Crippen molar-refractivity contribution in [2.24, 2.45) is 5.73 Å². The Morgan fingerprint density at radius 3 is 2.53 bits per heavy atom. The van der Waals surface area contributed by atoms with Crippen LogP contribution in [0.5, 0.6) is 0 Å². The number of carbonyl (C=O) groups excluding carboxylic acids is 1. The Labute approximate surface area is 112 Å². The van der Waals surface area contributed by atoms with Crippen molar-refractivity contribution >= 4 is 29.0 Å². The van der Waals surface area contributed by atoms with E-state index >= 15 is 0 Å². The van der Waals surface area contributed by atoms with E-state index in [-0.39, 0.29) is 5.78 Å². The zero-order valence-electron chi connectivity index (χ0n) is 9.72. The summed E-state index contributed by atoms with van der Waals surface area (Å²) in [6.45, 7) is 0.716. The molecule has 2 nitrogen and oxygen atoms in total. The summed E-state index contributed by atoms with van der Waals surface area (Å²) in [7, 11) is 0. The number of ketones is 1. The van der Waals surface area contributed by atoms with Crippen molar-refractivity contribution in [2.75, 3.05) is 6.54 Å². The molecule has 1 aromatic carbocycles. The number of Topliss-reactive ketones (excluding diaryl/α,β-unsaturated/α-hetero) is 1. The van der Waals surface area contributed by atoms with Gasteiger partial charge in [-0.05, 0) is 37.6 Å². The predicted octanol–water partition coefficient (Wildman–Crippen LogP) is 4.09. The Hall–Kier alpha value is -0.570. The SMILES string of the molecule is NCCCCCCC(=O)c1cc(Cl)ccc1Cl. The maximum absolute atomic E-state index is 11.9. The summed E-state index contributed by atoms with van der Waals surface area (Å²) in [5.41, 5.74) is 5.92. The van der Waals surface area contributed by atoms with E-state index in [2.05, 4.69) is 0 Å². The lowest BCUT2D eigenvalue weighted by Gasteiger charge is -2.04. The van der Waals surface area contributed by atoms with Gasteiger partial charge in [0.05, 0.1) is 5.02 Å². The number of benzene rings is 1. The van der Waals surface area contributed by atoms with Crippen LogP contribution in [0, 0.1) is 0 Å². The molecule has 0 radical (unpaired) electrons. The Bertz CT molecular complexity index is 380. The van der Waals surface area contributed by atoms with Crippen molar-refractivity contribution in [2.45, 2.75) is 32.1 Å². The molecular formula is C13H17Cl2NO. The molecule has 1 aromatic rings. The van der Waals surface area contributed by atoms with Crippen LogP contribution in [0.3, 0.4) is 0 Å². The van der Waals surface area contributed by atoms with Crippen molar-refractivity contribution in [3.05, 3.63) is 33.8 Å². The van der Waals surface area contributed by atoms with E-state index in [4.69, 9.17) is 28.9 Å². The topological polar surface area (TPSA) is 43.1 Å². The standard InChI is InChI=1S/C13H17Cl2NO/c14-10-6-7-12(15)11(9-10)13(17)5-3-1-2-4-8-16/h6-7,9H,1-5,8,16H2. The number of rotatable bonds is 7. The maximum atomic E-state index is 11.9. The first-order valence-electron chi connectivity index (χ1n) is 5.83. The Morgan fingerprint density at radius 2 is 1.82 bits per heavy atom. The van der Waals surface area contributed by atoms with Gasteiger partial charge in [0.15, 0.2) is 5.78 Å². The maximum Gasteiger partial charge on any atom is 0.164 e. The zero-order chi connectivity index (χ0) is 12.7. The van der Waals surface area contributed by atoms with Crippen LogP contribution in [0.15, 0.2) is 18.2 Å². The third-order valence-electron chi connectivity index (χ3n) is 2.59. The van der Waals surface area contributed by atoms with Gasteiger partial charge in [0, 0.05) is 17.0 Å². The first kappa shape index (κ1) is 14.5. The van der Waals surface area contributed by atoms with E-state index in [0.717, 1.165) is 25.7 Å². The van der Waals surface area contributed by atoms with E-state index < -0.39 is 0 Å². The van der Waals surface area contributed by atoms with Gasteiger partial charge >= 0.3 is 0 Å². The minimum Gasteiger partial charge on any atom is -0.330 e. The second-order valence-electron chi connectivity index (χ2n) is 4.00. The monoisotopic (exact) mass is 273 g/mol. The molecule has 4 heteroatoms. The fraction of sp³-hybridized carbons (Fsp3) is 0.462. The van der Waals surface area contributed by atoms with Gasteiger partial charge in [-0.3, -0.25) is 4.79 Å². The fourth-order valence-electron chi connectivity index (χ4n) is 1.63. The summed E-state index contributed by atoms with van der Waals surface area (Å²) < 4.78 is 0. The third kappa shape index (κ3) is 5.07. The lowest BCUT2D eigenvalue weighted by atomic mass is 10.0. The molecule has 0 unspecified atom stereocenters. The third-order valence-corrected chi connectivity index (χ3v) is 3.15. The molecule has 0 aromatic heterocycles. The van der Waals surface area contributed by atoms with Gasteiger partial charge < -0.3 is 5.73 Å². The van der Waals surface area contributed by atoms with Crippen LogP contribution in [0.2, 0.25) is 10.0 Å². The molecule has 0 spiro atoms. The van der Waals surface area contributed by atoms with Gasteiger partial charge in [0.2, 0.25) is 0 Å². The lowest BCUT2D eigenvalue weighted by Crippen LogP contribution is -2.01. The molecule has 0 saturated heterocycles. The molecule has 1 rings (SSSR count). The highest BCUT2D eigenvalue weighted by Gasteiger charge is 2.10. The number of halogens is 2. The Balaban J connectivity index is 2.44. The molecule has 0 aliphatic carbocycles. The van der Waals surface area contributed by atoms with Crippen LogP contribution in [0.4, 0.5) is 0 Å². The summed E-state index contributed by atoms with van der Waals surface area (Å²) >= 11 is 11.8. The highest BCUT2D eigenvalue weighted by Crippen LogP contribution is 2.22. The van der Waals surface area contributed by atoms with Crippen molar-refractivity contribution in [3.63, 3.8) is 0 Å². The average Bonchev–Trinajstić information content (AvgIpc) is 2.32. The molecular weight excluding hydrogens is 257 g/mol. The fourth-order valence-corrected chi connectivity index (χ4v) is 2.02. The summed E-state index contributed by atoms with van der Waals surface area (Å²) in [6, 6.07) is 4.97. The van der Waals surface area contributed by atoms with Crippen LogP contribution < -0.4 is 5.73 Å². The van der Waals surface area contributed by atoms with Gasteiger partial charge in [-0.15, -0.1) is 0 Å². The molecule has 0 atom stereocenters. The van der Waals surface area contributed by atoms with Crippen molar-refractivity contribution in [1.29, 1.82) is 0 Å². The van der Waals surface area contributed by atoms with Crippen LogP contribution >= 0.6 is 23.2 Å². The molecule has 0 amide bonds. The van der Waals surface area contributed by atoms with Gasteiger partial charge in [0.1, 0.15) is 0 Å². The van der Waals surface area contributed by atoms with Crippen molar-refractivity contribution in [1.82, 2.24) is 0 Å². The zero-order valence-corrected chi connectivity index (χ0v) is 11.2. The van der Waals surface area contributed by atoms with Crippen LogP contribution in [0.25, 0.3) is 0 Å². The van der Waals surface area contributed by atoms with Gasteiger partial charge in [-0.1, -0.05) is 36.0 Å². The Kier molecular flexibility index (Phi) is 6.56. The van der Waals surface area contributed by atoms with E-state index in [1.165, 1.54) is 0 Å². The lowest BCUT2D eigenvalue weighted by molar-refractivity contribution is 0.0979. The minimum atomic E-state index is 0.0604. The largest absolute Gasteiger partial charge is 0.330 e. The molecule has 0 bridgehead atoms. The van der Waals surface area contributed by atoms with Gasteiger partial charge in [-0.2, -0.15) is 0 Å². The van der Waals surface area contributed by atoms with E-state index in [9.17, 15) is 4.79 Å². The number of nitrogens with two attached hydrogens (primary N) is 1. The van der Waals surface area contributed by atoms with Gasteiger partial charge in [0.25, 0.3) is 0 Å². The number of carbonyl (C=O) groups is 1. The highest BCUT2D eigenvalue weighted by atomic mass is 35.5. The van der Waals surface area contributed by atoms with Crippen molar-refractivity contribution in [3.8, 4) is 0 Å². The Morgan fingerprint density at radius 1 is 1.12 bits per heavy atom. The van der Waals surface area contributed by atoms with Crippen LogP contribution in [-0.4, -0.2) is 12.3 Å². The molecule has 94 valence electrons. The first-order chi connectivity index (χ1) is 8.15. The van der Waals surface area contributed by atoms with E-state index in [1.54, 1.807) is 18.2 Å². The minimum absolute atomic E-state index is 0.0604. The smallest absolute Gasteiger partial charge is 0.164 e. The molecule has 17 heavy (non-hydrogen) atoms. The first-order valence-corrected chi connectivity index (χ1v) is 6.59. The van der Waals surface area contributed by atoms with Crippen LogP contribution in [0.1, 0.15) is 42.5 Å². The molecule has 0 aliphatic heterocycles. The molecule has 0 fully saturated rings. The molecule has 2 N–H and O–H groups in total. The number of hydrogen-bond donors (Lipinski definition) is 1. The number of hydrogen-bond acceptors (Lipinski definition) is 2. The molecule has 0 heterocycles. The van der Waals surface area contributed by atoms with Crippen molar-refractivity contribution < 1.29 is 4.79 Å². The van der Waals surface area contributed by atoms with Gasteiger partial charge in [-0.25, -0.2) is 0 Å². The molecule has 0 aliphatic rings. The van der Waals surface area contributed by atoms with E-state index in [0.29, 0.717) is 28.6 Å².